The average molecular weight is 231 g/mol. The van der Waals surface area contributed by atoms with Crippen molar-refractivity contribution in [1.82, 2.24) is 4.90 Å². The highest BCUT2D eigenvalue weighted by molar-refractivity contribution is 5.35. The van der Waals surface area contributed by atoms with Crippen LogP contribution < -0.4 is 0 Å². The molecule has 0 spiro atoms. The van der Waals surface area contributed by atoms with Crippen LogP contribution in [-0.2, 0) is 5.41 Å². The van der Waals surface area contributed by atoms with Crippen molar-refractivity contribution in [3.63, 3.8) is 0 Å². The maximum atomic E-state index is 9.70. The molecule has 3 rings (SSSR count). The maximum absolute atomic E-state index is 9.70. The number of hydrogen-bond donors (Lipinski definition) is 1. The first-order chi connectivity index (χ1) is 8.21. The fourth-order valence-corrected chi connectivity index (χ4v) is 3.94. The van der Waals surface area contributed by atoms with Gasteiger partial charge in [-0.1, -0.05) is 18.6 Å². The monoisotopic (exact) mass is 231 g/mol. The number of fused-ring (bicyclic) bond motifs is 1. The van der Waals surface area contributed by atoms with Gasteiger partial charge >= 0.3 is 0 Å². The first kappa shape index (κ1) is 11.1. The van der Waals surface area contributed by atoms with Crippen LogP contribution in [0, 0.1) is 5.92 Å². The number of benzene rings is 1. The highest BCUT2D eigenvalue weighted by Gasteiger charge is 2.46. The number of phenols is 1. The summed E-state index contributed by atoms with van der Waals surface area (Å²) in [4.78, 5) is 2.46. The van der Waals surface area contributed by atoms with Gasteiger partial charge in [0.2, 0.25) is 0 Å². The van der Waals surface area contributed by atoms with Crippen LogP contribution in [0.15, 0.2) is 24.3 Å². The van der Waals surface area contributed by atoms with Crippen LogP contribution in [0.5, 0.6) is 5.75 Å². The molecule has 0 amide bonds. The van der Waals surface area contributed by atoms with Gasteiger partial charge < -0.3 is 10.0 Å². The van der Waals surface area contributed by atoms with Crippen LogP contribution in [0.3, 0.4) is 0 Å². The van der Waals surface area contributed by atoms with Gasteiger partial charge in [0.05, 0.1) is 0 Å². The topological polar surface area (TPSA) is 23.5 Å². The molecule has 2 nitrogen and oxygen atoms in total. The molecule has 0 unspecified atom stereocenters. The van der Waals surface area contributed by atoms with Crippen molar-refractivity contribution in [3.05, 3.63) is 29.8 Å². The van der Waals surface area contributed by atoms with Crippen molar-refractivity contribution in [1.29, 1.82) is 0 Å². The van der Waals surface area contributed by atoms with Crippen molar-refractivity contribution >= 4 is 0 Å². The van der Waals surface area contributed by atoms with Gasteiger partial charge in [0, 0.05) is 12.0 Å². The summed E-state index contributed by atoms with van der Waals surface area (Å²) in [5.41, 5.74) is 1.72. The lowest BCUT2D eigenvalue weighted by atomic mass is 9.68. The minimum absolute atomic E-state index is 0.352. The molecule has 17 heavy (non-hydrogen) atoms. The first-order valence-corrected chi connectivity index (χ1v) is 6.69. The Hall–Kier alpha value is -1.02. The Balaban J connectivity index is 1.99. The number of nitrogens with zero attached hydrogens (tertiary/aromatic N) is 1. The van der Waals surface area contributed by atoms with Gasteiger partial charge in [0.1, 0.15) is 5.75 Å². The van der Waals surface area contributed by atoms with Gasteiger partial charge in [-0.2, -0.15) is 0 Å². The largest absolute Gasteiger partial charge is 0.508 e. The fourth-order valence-electron chi connectivity index (χ4n) is 3.94. The molecule has 92 valence electrons. The number of piperidine rings is 1. The van der Waals surface area contributed by atoms with Gasteiger partial charge in [0.25, 0.3) is 0 Å². The summed E-state index contributed by atoms with van der Waals surface area (Å²) in [7, 11) is 2.23. The zero-order valence-corrected chi connectivity index (χ0v) is 10.5. The smallest absolute Gasteiger partial charge is 0.115 e. The predicted octanol–water partition coefficient (Wildman–Crippen LogP) is 2.77. The highest BCUT2D eigenvalue weighted by atomic mass is 16.3. The molecule has 1 N–H and O–H groups in total. The summed E-state index contributed by atoms with van der Waals surface area (Å²) in [5, 5.41) is 9.70. The van der Waals surface area contributed by atoms with Gasteiger partial charge in [-0.15, -0.1) is 0 Å². The van der Waals surface area contributed by atoms with Crippen molar-refractivity contribution in [2.75, 3.05) is 20.1 Å². The Labute approximate surface area is 103 Å². The zero-order chi connectivity index (χ0) is 11.9. The second-order valence-electron chi connectivity index (χ2n) is 5.81. The van der Waals surface area contributed by atoms with Crippen LogP contribution in [0.25, 0.3) is 0 Å². The van der Waals surface area contributed by atoms with Crippen molar-refractivity contribution in [2.24, 2.45) is 5.92 Å². The number of aromatic hydroxyl groups is 1. The molecule has 1 saturated carbocycles. The minimum Gasteiger partial charge on any atom is -0.508 e. The molecule has 0 aromatic heterocycles. The van der Waals surface area contributed by atoms with E-state index in [0.717, 1.165) is 5.92 Å². The average Bonchev–Trinajstić information content (AvgIpc) is 2.73. The summed E-state index contributed by atoms with van der Waals surface area (Å²) in [5.74, 6) is 1.20. The predicted molar refractivity (Wildman–Crippen MR) is 69.2 cm³/mol. The normalized spacial score (nSPS) is 33.6. The van der Waals surface area contributed by atoms with Crippen LogP contribution in [0.4, 0.5) is 0 Å². The number of likely N-dealkylation sites (tertiary alicyclic amines) is 1. The lowest BCUT2D eigenvalue weighted by Crippen LogP contribution is -2.45. The van der Waals surface area contributed by atoms with E-state index in [1.807, 2.05) is 12.1 Å². The van der Waals surface area contributed by atoms with Crippen molar-refractivity contribution < 1.29 is 5.11 Å². The Morgan fingerprint density at radius 2 is 2.24 bits per heavy atom. The number of rotatable bonds is 1. The lowest BCUT2D eigenvalue weighted by Gasteiger charge is -2.43. The van der Waals surface area contributed by atoms with E-state index in [1.165, 1.54) is 44.3 Å². The molecule has 1 aliphatic heterocycles. The van der Waals surface area contributed by atoms with Gasteiger partial charge in [-0.3, -0.25) is 0 Å². The molecule has 1 saturated heterocycles. The molecule has 2 aliphatic rings. The summed E-state index contributed by atoms with van der Waals surface area (Å²) < 4.78 is 0. The van der Waals surface area contributed by atoms with Gasteiger partial charge in [-0.05, 0) is 56.5 Å². The van der Waals surface area contributed by atoms with Crippen LogP contribution >= 0.6 is 0 Å². The summed E-state index contributed by atoms with van der Waals surface area (Å²) >= 11 is 0. The zero-order valence-electron chi connectivity index (χ0n) is 10.5. The highest BCUT2D eigenvalue weighted by Crippen LogP contribution is 2.50. The van der Waals surface area contributed by atoms with E-state index in [0.29, 0.717) is 11.2 Å². The van der Waals surface area contributed by atoms with E-state index in [9.17, 15) is 5.11 Å². The second kappa shape index (κ2) is 4.02. The molecular weight excluding hydrogens is 210 g/mol. The second-order valence-corrected chi connectivity index (χ2v) is 5.81. The lowest BCUT2D eigenvalue weighted by molar-refractivity contribution is 0.133. The molecule has 2 heteroatoms. The summed E-state index contributed by atoms with van der Waals surface area (Å²) in [6.07, 6.45) is 5.24. The third kappa shape index (κ3) is 1.75. The van der Waals surface area contributed by atoms with Crippen LogP contribution in [0.2, 0.25) is 0 Å². The number of phenolic OH excluding ortho intramolecular Hbond substituents is 1. The van der Waals surface area contributed by atoms with Gasteiger partial charge in [0.15, 0.2) is 0 Å². The van der Waals surface area contributed by atoms with E-state index >= 15 is 0 Å². The third-order valence-electron chi connectivity index (χ3n) is 4.85. The van der Waals surface area contributed by atoms with E-state index in [-0.39, 0.29) is 0 Å². The quantitative estimate of drug-likeness (QED) is 0.803. The molecule has 0 bridgehead atoms. The Morgan fingerprint density at radius 1 is 1.35 bits per heavy atom. The van der Waals surface area contributed by atoms with Crippen molar-refractivity contribution in [2.45, 2.75) is 31.1 Å². The molecule has 1 aromatic rings. The molecule has 1 aliphatic carbocycles. The van der Waals surface area contributed by atoms with E-state index in [1.54, 1.807) is 6.07 Å². The Kier molecular flexibility index (Phi) is 2.62. The van der Waals surface area contributed by atoms with Crippen molar-refractivity contribution in [3.8, 4) is 5.75 Å². The minimum atomic E-state index is 0.352. The van der Waals surface area contributed by atoms with Crippen LogP contribution in [-0.4, -0.2) is 30.1 Å². The molecule has 2 atom stereocenters. The van der Waals surface area contributed by atoms with E-state index in [2.05, 4.69) is 18.0 Å². The molecule has 2 fully saturated rings. The SMILES string of the molecule is CN1CC[C@@]2(c3cccc(O)c3)CCC[C@@H]2C1. The maximum Gasteiger partial charge on any atom is 0.115 e. The molecule has 1 aromatic carbocycles. The molecule has 1 heterocycles. The molecule has 0 radical (unpaired) electrons. The molecular formula is C15H21NO. The van der Waals surface area contributed by atoms with Crippen LogP contribution in [0.1, 0.15) is 31.2 Å². The van der Waals surface area contributed by atoms with Gasteiger partial charge in [-0.25, -0.2) is 0 Å². The third-order valence-corrected chi connectivity index (χ3v) is 4.85. The summed E-state index contributed by atoms with van der Waals surface area (Å²) in [6.45, 7) is 2.40. The summed E-state index contributed by atoms with van der Waals surface area (Å²) in [6, 6.07) is 7.97. The number of hydrogen-bond acceptors (Lipinski definition) is 2. The van der Waals surface area contributed by atoms with E-state index in [4.69, 9.17) is 0 Å². The Morgan fingerprint density at radius 3 is 3.06 bits per heavy atom. The standard InChI is InChI=1S/C15H21NO/c1-16-9-8-15(7-3-5-13(15)11-16)12-4-2-6-14(17)10-12/h2,4,6,10,13,17H,3,5,7-9,11H2,1H3/t13-,15-/m1/s1. The Bertz CT molecular complexity index is 417. The first-order valence-electron chi connectivity index (χ1n) is 6.69. The fraction of sp³-hybridized carbons (Fsp3) is 0.600. The van der Waals surface area contributed by atoms with E-state index < -0.39 is 0 Å².